The number of anilines is 2. The van der Waals surface area contributed by atoms with Crippen LogP contribution >= 0.6 is 0 Å². The van der Waals surface area contributed by atoms with Gasteiger partial charge in [-0.15, -0.1) is 0 Å². The summed E-state index contributed by atoms with van der Waals surface area (Å²) in [5.41, 5.74) is 8.15. The number of para-hydroxylation sites is 1. The zero-order valence-corrected chi connectivity index (χ0v) is 11.8. The van der Waals surface area contributed by atoms with E-state index in [1.165, 1.54) is 13.5 Å². The van der Waals surface area contributed by atoms with Crippen molar-refractivity contribution < 1.29 is 9.53 Å². The van der Waals surface area contributed by atoms with Crippen LogP contribution in [0.1, 0.15) is 43.5 Å². The minimum absolute atomic E-state index is 0.327. The molecule has 0 amide bonds. The molecular weight excluding hydrogens is 240 g/mol. The van der Waals surface area contributed by atoms with Gasteiger partial charge in [0, 0.05) is 12.1 Å². The molecule has 1 aliphatic heterocycles. The number of carbonyl (C=O) groups excluding carboxylic acids is 1. The highest BCUT2D eigenvalue weighted by molar-refractivity contribution is 5.99. The molecule has 1 aromatic rings. The Balaban J connectivity index is 2.50. The predicted molar refractivity (Wildman–Crippen MR) is 77.4 cm³/mol. The Bertz CT molecular complexity index is 463. The van der Waals surface area contributed by atoms with Crippen LogP contribution in [-0.4, -0.2) is 25.2 Å². The zero-order chi connectivity index (χ0) is 14.0. The standard InChI is InChI=1S/C15H22N2O2/c1-10-6-4-7-11(2)17(10)14-12(15(18)19-3)8-5-9-13(14)16/h5,8-11H,4,6-7,16H2,1-3H3. The lowest BCUT2D eigenvalue weighted by Gasteiger charge is -2.42. The monoisotopic (exact) mass is 262 g/mol. The summed E-state index contributed by atoms with van der Waals surface area (Å²) in [5, 5.41) is 0. The van der Waals surface area contributed by atoms with Crippen molar-refractivity contribution in [1.82, 2.24) is 0 Å². The van der Waals surface area contributed by atoms with E-state index in [9.17, 15) is 4.79 Å². The summed E-state index contributed by atoms with van der Waals surface area (Å²) in [6.07, 6.45) is 3.47. The van der Waals surface area contributed by atoms with Crippen LogP contribution in [0.25, 0.3) is 0 Å². The van der Waals surface area contributed by atoms with Crippen molar-refractivity contribution in [2.75, 3.05) is 17.7 Å². The Morgan fingerprint density at radius 2 is 1.95 bits per heavy atom. The molecule has 0 bridgehead atoms. The number of benzene rings is 1. The lowest BCUT2D eigenvalue weighted by atomic mass is 9.95. The van der Waals surface area contributed by atoms with Crippen molar-refractivity contribution >= 4 is 17.3 Å². The molecule has 1 aliphatic rings. The molecule has 0 aromatic heterocycles. The van der Waals surface area contributed by atoms with Gasteiger partial charge in [0.2, 0.25) is 0 Å². The van der Waals surface area contributed by atoms with Gasteiger partial charge in [-0.3, -0.25) is 0 Å². The van der Waals surface area contributed by atoms with Crippen molar-refractivity contribution in [2.24, 2.45) is 0 Å². The Labute approximate surface area is 114 Å². The highest BCUT2D eigenvalue weighted by Crippen LogP contribution is 2.36. The van der Waals surface area contributed by atoms with E-state index >= 15 is 0 Å². The SMILES string of the molecule is COC(=O)c1cccc(N)c1N1C(C)CCCC1C. The molecular formula is C15H22N2O2. The van der Waals surface area contributed by atoms with Crippen LogP contribution in [0.4, 0.5) is 11.4 Å². The van der Waals surface area contributed by atoms with Crippen LogP contribution in [0.2, 0.25) is 0 Å². The Hall–Kier alpha value is -1.71. The number of ether oxygens (including phenoxy) is 1. The van der Waals surface area contributed by atoms with Crippen LogP contribution in [0, 0.1) is 0 Å². The topological polar surface area (TPSA) is 55.6 Å². The fraction of sp³-hybridized carbons (Fsp3) is 0.533. The Morgan fingerprint density at radius 3 is 2.53 bits per heavy atom. The third-order valence-corrected chi connectivity index (χ3v) is 3.92. The average molecular weight is 262 g/mol. The molecule has 2 atom stereocenters. The molecule has 0 aliphatic carbocycles. The van der Waals surface area contributed by atoms with Gasteiger partial charge >= 0.3 is 5.97 Å². The van der Waals surface area contributed by atoms with Gasteiger partial charge < -0.3 is 15.4 Å². The van der Waals surface area contributed by atoms with E-state index in [1.54, 1.807) is 12.1 Å². The fourth-order valence-corrected chi connectivity index (χ4v) is 2.99. The summed E-state index contributed by atoms with van der Waals surface area (Å²) < 4.78 is 4.87. The second kappa shape index (κ2) is 5.51. The number of carbonyl (C=O) groups is 1. The Kier molecular flexibility index (Phi) is 3.98. The number of nitrogens with two attached hydrogens (primary N) is 1. The largest absolute Gasteiger partial charge is 0.465 e. The average Bonchev–Trinajstić information content (AvgIpc) is 2.39. The van der Waals surface area contributed by atoms with Gasteiger partial charge in [0.15, 0.2) is 0 Å². The maximum absolute atomic E-state index is 11.9. The summed E-state index contributed by atoms with van der Waals surface area (Å²) in [5.74, 6) is -0.327. The third kappa shape index (κ3) is 2.53. The summed E-state index contributed by atoms with van der Waals surface area (Å²) in [6, 6.07) is 6.19. The van der Waals surface area contributed by atoms with Crippen molar-refractivity contribution in [3.63, 3.8) is 0 Å². The maximum Gasteiger partial charge on any atom is 0.340 e. The van der Waals surface area contributed by atoms with E-state index in [0.717, 1.165) is 18.5 Å². The third-order valence-electron chi connectivity index (χ3n) is 3.92. The van der Waals surface area contributed by atoms with Gasteiger partial charge in [-0.2, -0.15) is 0 Å². The highest BCUT2D eigenvalue weighted by atomic mass is 16.5. The number of nitrogen functional groups attached to an aromatic ring is 1. The fourth-order valence-electron chi connectivity index (χ4n) is 2.99. The molecule has 1 saturated heterocycles. The zero-order valence-electron chi connectivity index (χ0n) is 11.8. The molecule has 0 saturated carbocycles. The molecule has 0 radical (unpaired) electrons. The van der Waals surface area contributed by atoms with Crippen molar-refractivity contribution in [1.29, 1.82) is 0 Å². The van der Waals surface area contributed by atoms with Crippen LogP contribution in [0.3, 0.4) is 0 Å². The number of methoxy groups -OCH3 is 1. The van der Waals surface area contributed by atoms with Crippen LogP contribution in [-0.2, 0) is 4.74 Å². The Morgan fingerprint density at radius 1 is 1.32 bits per heavy atom. The quantitative estimate of drug-likeness (QED) is 0.657. The number of hydrogen-bond acceptors (Lipinski definition) is 4. The van der Waals surface area contributed by atoms with Crippen molar-refractivity contribution in [3.8, 4) is 0 Å². The molecule has 1 heterocycles. The first-order valence-electron chi connectivity index (χ1n) is 6.81. The molecule has 104 valence electrons. The smallest absolute Gasteiger partial charge is 0.340 e. The maximum atomic E-state index is 11.9. The van der Waals surface area contributed by atoms with Gasteiger partial charge in [-0.1, -0.05) is 6.07 Å². The number of nitrogens with zero attached hydrogens (tertiary/aromatic N) is 1. The predicted octanol–water partition coefficient (Wildman–Crippen LogP) is 2.82. The first kappa shape index (κ1) is 13.7. The summed E-state index contributed by atoms with van der Waals surface area (Å²) in [6.45, 7) is 4.37. The number of piperidine rings is 1. The van der Waals surface area contributed by atoms with Crippen LogP contribution < -0.4 is 10.6 Å². The minimum atomic E-state index is -0.327. The molecule has 4 heteroatoms. The second-order valence-electron chi connectivity index (χ2n) is 5.27. The van der Waals surface area contributed by atoms with Crippen molar-refractivity contribution in [2.45, 2.75) is 45.2 Å². The molecule has 2 unspecified atom stereocenters. The van der Waals surface area contributed by atoms with E-state index < -0.39 is 0 Å². The van der Waals surface area contributed by atoms with E-state index in [-0.39, 0.29) is 5.97 Å². The van der Waals surface area contributed by atoms with E-state index in [0.29, 0.717) is 23.3 Å². The van der Waals surface area contributed by atoms with Crippen molar-refractivity contribution in [3.05, 3.63) is 23.8 Å². The molecule has 1 fully saturated rings. The van der Waals surface area contributed by atoms with Gasteiger partial charge in [0.1, 0.15) is 0 Å². The minimum Gasteiger partial charge on any atom is -0.465 e. The van der Waals surface area contributed by atoms with Gasteiger partial charge in [0.05, 0.1) is 24.0 Å². The normalized spacial score (nSPS) is 23.2. The number of rotatable bonds is 2. The molecule has 4 nitrogen and oxygen atoms in total. The molecule has 0 spiro atoms. The van der Waals surface area contributed by atoms with Gasteiger partial charge in [0.25, 0.3) is 0 Å². The lowest BCUT2D eigenvalue weighted by Crippen LogP contribution is -2.45. The summed E-state index contributed by atoms with van der Waals surface area (Å²) in [4.78, 5) is 14.2. The number of hydrogen-bond donors (Lipinski definition) is 1. The van der Waals surface area contributed by atoms with Gasteiger partial charge in [-0.25, -0.2) is 4.79 Å². The highest BCUT2D eigenvalue weighted by Gasteiger charge is 2.29. The summed E-state index contributed by atoms with van der Waals surface area (Å²) in [7, 11) is 1.40. The number of esters is 1. The van der Waals surface area contributed by atoms with E-state index in [4.69, 9.17) is 10.5 Å². The first-order valence-corrected chi connectivity index (χ1v) is 6.81. The lowest BCUT2D eigenvalue weighted by molar-refractivity contribution is 0.0601. The van der Waals surface area contributed by atoms with Crippen LogP contribution in [0.5, 0.6) is 0 Å². The van der Waals surface area contributed by atoms with E-state index in [1.807, 2.05) is 6.07 Å². The molecule has 19 heavy (non-hydrogen) atoms. The second-order valence-corrected chi connectivity index (χ2v) is 5.27. The summed E-state index contributed by atoms with van der Waals surface area (Å²) >= 11 is 0. The first-order chi connectivity index (χ1) is 9.06. The van der Waals surface area contributed by atoms with Crippen LogP contribution in [0.15, 0.2) is 18.2 Å². The van der Waals surface area contributed by atoms with E-state index in [2.05, 4.69) is 18.7 Å². The molecule has 2 N–H and O–H groups in total. The van der Waals surface area contributed by atoms with Gasteiger partial charge in [-0.05, 0) is 45.2 Å². The molecule has 2 rings (SSSR count). The molecule has 1 aromatic carbocycles.